The van der Waals surface area contributed by atoms with Crippen molar-refractivity contribution in [2.24, 2.45) is 29.1 Å². The molecule has 1 heteroatoms. The standard InChI is InChI=1S/C48H55N/c1-33-17-15-21-37(29-33)44(31-36-19-9-7-10-20-36)35(3)46-41-25-13-14-26-42(41)47(43-28-27-38(32-45(43)46)48(4,5)6)49(39-22-11-8-12-23-39)40-24-16-18-34(2)30-40/h7-14,19-22,24-30,32,35,39,43-45H,15-18,23,31H2,1-6H3. The van der Waals surface area contributed by atoms with E-state index in [4.69, 9.17) is 0 Å². The summed E-state index contributed by atoms with van der Waals surface area (Å²) in [7, 11) is 0. The van der Waals surface area contributed by atoms with Crippen LogP contribution < -0.4 is 10.4 Å². The zero-order valence-corrected chi connectivity index (χ0v) is 30.6. The molecule has 0 N–H and O–H groups in total. The molecule has 252 valence electrons. The van der Waals surface area contributed by atoms with E-state index in [0.717, 1.165) is 32.1 Å². The molecule has 5 aliphatic rings. The molecule has 0 heterocycles. The smallest absolute Gasteiger partial charge is 0.0557 e. The third-order valence-electron chi connectivity index (χ3n) is 11.6. The molecule has 5 unspecified atom stereocenters. The van der Waals surface area contributed by atoms with Crippen LogP contribution in [0.15, 0.2) is 149 Å². The van der Waals surface area contributed by atoms with Gasteiger partial charge in [-0.25, -0.2) is 0 Å². The fourth-order valence-corrected chi connectivity index (χ4v) is 8.96. The van der Waals surface area contributed by atoms with Crippen LogP contribution in [-0.4, -0.2) is 10.9 Å². The number of rotatable bonds is 8. The van der Waals surface area contributed by atoms with Gasteiger partial charge in [0.05, 0.1) is 6.04 Å². The number of hydrogen-bond acceptors (Lipinski definition) is 1. The minimum absolute atomic E-state index is 0.0739. The lowest BCUT2D eigenvalue weighted by atomic mass is 9.65. The van der Waals surface area contributed by atoms with Crippen LogP contribution >= 0.6 is 0 Å². The van der Waals surface area contributed by atoms with Gasteiger partial charge in [0.25, 0.3) is 0 Å². The molecule has 0 saturated carbocycles. The van der Waals surface area contributed by atoms with E-state index in [-0.39, 0.29) is 23.3 Å². The fraction of sp³-hybridized carbons (Fsp3) is 0.375. The monoisotopic (exact) mass is 645 g/mol. The molecule has 0 aliphatic heterocycles. The first-order chi connectivity index (χ1) is 23.7. The predicted octanol–water partition coefficient (Wildman–Crippen LogP) is 10.7. The van der Waals surface area contributed by atoms with Crippen LogP contribution in [0.4, 0.5) is 0 Å². The lowest BCUT2D eigenvalue weighted by Gasteiger charge is -2.45. The minimum Gasteiger partial charge on any atom is -0.337 e. The maximum Gasteiger partial charge on any atom is 0.0557 e. The Balaban J connectivity index is 1.49. The summed E-state index contributed by atoms with van der Waals surface area (Å²) < 4.78 is 0. The molecule has 2 aromatic rings. The number of hydrogen-bond donors (Lipinski definition) is 0. The summed E-state index contributed by atoms with van der Waals surface area (Å²) in [6.07, 6.45) is 33.6. The third-order valence-corrected chi connectivity index (χ3v) is 11.6. The number of allylic oxidation sites excluding steroid dienone is 12. The highest BCUT2D eigenvalue weighted by atomic mass is 15.2. The van der Waals surface area contributed by atoms with Gasteiger partial charge in [0.2, 0.25) is 0 Å². The summed E-state index contributed by atoms with van der Waals surface area (Å²) >= 11 is 0. The van der Waals surface area contributed by atoms with Gasteiger partial charge in [-0.05, 0) is 97.6 Å². The van der Waals surface area contributed by atoms with Crippen molar-refractivity contribution < 1.29 is 0 Å². The summed E-state index contributed by atoms with van der Waals surface area (Å²) in [5.74, 6) is 1.29. The SMILES string of the molecule is CC1=CC(C(Cc2ccccc2)C(C)C2=c3ccccc3=C(N(C3=CCCC(C)=C3)C3C=CC=CC3)C3C=CC(C(C)(C)C)=CC23)=CCC1. The van der Waals surface area contributed by atoms with Crippen molar-refractivity contribution >= 4 is 11.3 Å². The largest absolute Gasteiger partial charge is 0.337 e. The molecule has 0 fully saturated rings. The zero-order chi connectivity index (χ0) is 34.1. The Morgan fingerprint density at radius 3 is 2.20 bits per heavy atom. The molecule has 5 atom stereocenters. The number of fused-ring (bicyclic) bond motifs is 2. The van der Waals surface area contributed by atoms with E-state index in [1.165, 1.54) is 56.1 Å². The summed E-state index contributed by atoms with van der Waals surface area (Å²) in [5, 5.41) is 2.85. The summed E-state index contributed by atoms with van der Waals surface area (Å²) in [6, 6.07) is 20.9. The van der Waals surface area contributed by atoms with E-state index < -0.39 is 0 Å². The van der Waals surface area contributed by atoms with Gasteiger partial charge in [0, 0.05) is 28.4 Å². The molecule has 0 saturated heterocycles. The minimum atomic E-state index is 0.0739. The Kier molecular flexibility index (Phi) is 9.56. The Bertz CT molecular complexity index is 1940. The van der Waals surface area contributed by atoms with Crippen LogP contribution in [0, 0.1) is 29.1 Å². The van der Waals surface area contributed by atoms with Crippen molar-refractivity contribution in [2.75, 3.05) is 0 Å². The molecule has 0 aromatic heterocycles. The van der Waals surface area contributed by atoms with Crippen LogP contribution in [0.5, 0.6) is 0 Å². The normalized spacial score (nSPS) is 24.5. The lowest BCUT2D eigenvalue weighted by molar-refractivity contribution is 0.372. The highest BCUT2D eigenvalue weighted by Gasteiger charge is 2.41. The molecule has 0 radical (unpaired) electrons. The molecule has 7 rings (SSSR count). The van der Waals surface area contributed by atoms with E-state index in [9.17, 15) is 0 Å². The van der Waals surface area contributed by atoms with Gasteiger partial charge in [-0.3, -0.25) is 0 Å². The van der Waals surface area contributed by atoms with Crippen molar-refractivity contribution in [1.29, 1.82) is 0 Å². The van der Waals surface area contributed by atoms with Gasteiger partial charge in [-0.15, -0.1) is 0 Å². The van der Waals surface area contributed by atoms with Gasteiger partial charge < -0.3 is 4.90 Å². The predicted molar refractivity (Wildman–Crippen MR) is 210 cm³/mol. The highest BCUT2D eigenvalue weighted by molar-refractivity contribution is 5.70. The van der Waals surface area contributed by atoms with Crippen molar-refractivity contribution in [3.8, 4) is 0 Å². The van der Waals surface area contributed by atoms with Crippen molar-refractivity contribution in [3.05, 3.63) is 165 Å². The number of benzene rings is 2. The van der Waals surface area contributed by atoms with Gasteiger partial charge in [-0.1, -0.05) is 160 Å². The molecule has 5 aliphatic carbocycles. The first kappa shape index (κ1) is 33.4. The Labute approximate surface area is 295 Å². The number of nitrogens with zero attached hydrogens (tertiary/aromatic N) is 1. The van der Waals surface area contributed by atoms with Gasteiger partial charge in [-0.2, -0.15) is 0 Å². The summed E-state index contributed by atoms with van der Waals surface area (Å²) in [4.78, 5) is 2.73. The molecule has 49 heavy (non-hydrogen) atoms. The van der Waals surface area contributed by atoms with Crippen molar-refractivity contribution in [3.63, 3.8) is 0 Å². The van der Waals surface area contributed by atoms with E-state index >= 15 is 0 Å². The van der Waals surface area contributed by atoms with E-state index in [2.05, 4.69) is 168 Å². The van der Waals surface area contributed by atoms with Crippen LogP contribution in [0.3, 0.4) is 0 Å². The van der Waals surface area contributed by atoms with Gasteiger partial charge in [0.1, 0.15) is 0 Å². The Morgan fingerprint density at radius 1 is 0.796 bits per heavy atom. The molecule has 0 bridgehead atoms. The second-order valence-corrected chi connectivity index (χ2v) is 16.1. The molecule has 0 spiro atoms. The van der Waals surface area contributed by atoms with Crippen LogP contribution in [-0.2, 0) is 6.42 Å². The summed E-state index contributed by atoms with van der Waals surface area (Å²) in [5.41, 5.74) is 11.9. The van der Waals surface area contributed by atoms with Crippen LogP contribution in [0.1, 0.15) is 79.2 Å². The first-order valence-electron chi connectivity index (χ1n) is 18.8. The average molecular weight is 646 g/mol. The maximum absolute atomic E-state index is 2.73. The van der Waals surface area contributed by atoms with E-state index in [1.807, 2.05) is 0 Å². The second kappa shape index (κ2) is 14.0. The quantitative estimate of drug-likeness (QED) is 0.276. The van der Waals surface area contributed by atoms with Gasteiger partial charge in [0.15, 0.2) is 0 Å². The molecule has 1 nitrogen and oxygen atoms in total. The van der Waals surface area contributed by atoms with Crippen molar-refractivity contribution in [1.82, 2.24) is 4.90 Å². The Morgan fingerprint density at radius 2 is 1.51 bits per heavy atom. The fourth-order valence-electron chi connectivity index (χ4n) is 8.96. The average Bonchev–Trinajstić information content (AvgIpc) is 3.10. The topological polar surface area (TPSA) is 3.24 Å². The third kappa shape index (κ3) is 6.87. The molecule has 2 aromatic carbocycles. The highest BCUT2D eigenvalue weighted by Crippen LogP contribution is 2.48. The molecular weight excluding hydrogens is 591 g/mol. The molecular formula is C48H55N. The first-order valence-corrected chi connectivity index (χ1v) is 18.8. The maximum atomic E-state index is 2.73. The van der Waals surface area contributed by atoms with E-state index in [0.29, 0.717) is 11.8 Å². The van der Waals surface area contributed by atoms with E-state index in [1.54, 1.807) is 5.57 Å². The van der Waals surface area contributed by atoms with Crippen molar-refractivity contribution in [2.45, 2.75) is 86.1 Å². The lowest BCUT2D eigenvalue weighted by Crippen LogP contribution is -2.49. The molecule has 0 amide bonds. The summed E-state index contributed by atoms with van der Waals surface area (Å²) in [6.45, 7) is 14.3. The second-order valence-electron chi connectivity index (χ2n) is 16.1. The zero-order valence-electron chi connectivity index (χ0n) is 30.6. The Hall–Kier alpha value is -4.10. The van der Waals surface area contributed by atoms with Crippen LogP contribution in [0.2, 0.25) is 0 Å². The van der Waals surface area contributed by atoms with Gasteiger partial charge >= 0.3 is 0 Å². The van der Waals surface area contributed by atoms with Crippen LogP contribution in [0.25, 0.3) is 11.3 Å².